The Morgan fingerprint density at radius 3 is 2.90 bits per heavy atom. The number of fused-ring (bicyclic) bond motifs is 1. The summed E-state index contributed by atoms with van der Waals surface area (Å²) in [5.41, 5.74) is 1.22. The molecule has 1 heterocycles. The highest BCUT2D eigenvalue weighted by Gasteiger charge is 2.21. The molecular weight excluding hydrogens is 398 g/mol. The number of ether oxygens (including phenoxy) is 3. The largest absolute Gasteiger partial charge is 0.467 e. The van der Waals surface area contributed by atoms with E-state index in [1.165, 1.54) is 31.4 Å². The minimum Gasteiger partial charge on any atom is -0.467 e. The summed E-state index contributed by atoms with van der Waals surface area (Å²) in [6, 6.07) is 8.99. The third-order valence-electron chi connectivity index (χ3n) is 4.04. The first-order chi connectivity index (χ1) is 14.5. The second-order valence-electron chi connectivity index (χ2n) is 6.00. The molecule has 0 aromatic heterocycles. The van der Waals surface area contributed by atoms with Crippen LogP contribution < -0.4 is 10.1 Å². The number of benzene rings is 2. The summed E-state index contributed by atoms with van der Waals surface area (Å²) < 4.78 is 15.2. The number of esters is 1. The Morgan fingerprint density at radius 2 is 2.13 bits per heavy atom. The van der Waals surface area contributed by atoms with Crippen LogP contribution in [0.4, 0.5) is 11.4 Å². The van der Waals surface area contributed by atoms with E-state index in [-0.39, 0.29) is 36.9 Å². The van der Waals surface area contributed by atoms with E-state index in [0.717, 1.165) is 6.21 Å². The standard InChI is InChI=1S/C19H17N3O8/c1-27-19(24)15-4-2-3-5-16(15)21-17(23)8-20-30-10-13-7-14(22(25)26)6-12-9-28-11-29-18(12)13/h2-8H,9-11H2,1H3,(H,21,23)/b20-8+. The third kappa shape index (κ3) is 4.89. The van der Waals surface area contributed by atoms with Crippen LogP contribution in [0, 0.1) is 10.1 Å². The van der Waals surface area contributed by atoms with Gasteiger partial charge in [0.25, 0.3) is 11.6 Å². The van der Waals surface area contributed by atoms with E-state index in [4.69, 9.17) is 14.3 Å². The molecule has 0 saturated heterocycles. The third-order valence-corrected chi connectivity index (χ3v) is 4.04. The van der Waals surface area contributed by atoms with E-state index < -0.39 is 16.8 Å². The smallest absolute Gasteiger partial charge is 0.339 e. The first kappa shape index (κ1) is 20.7. The fourth-order valence-electron chi connectivity index (χ4n) is 2.73. The average molecular weight is 415 g/mol. The molecule has 0 aliphatic carbocycles. The lowest BCUT2D eigenvalue weighted by molar-refractivity contribution is -0.385. The molecule has 0 unspecified atom stereocenters. The SMILES string of the molecule is COC(=O)c1ccccc1NC(=O)/C=N/OCc1cc([N+](=O)[O-])cc2c1OCOC2. The molecule has 0 radical (unpaired) electrons. The number of rotatable bonds is 7. The summed E-state index contributed by atoms with van der Waals surface area (Å²) >= 11 is 0. The van der Waals surface area contributed by atoms with E-state index in [1.807, 2.05) is 0 Å². The van der Waals surface area contributed by atoms with Gasteiger partial charge in [-0.1, -0.05) is 17.3 Å². The molecule has 0 bridgehead atoms. The van der Waals surface area contributed by atoms with Gasteiger partial charge in [-0.05, 0) is 12.1 Å². The Balaban J connectivity index is 1.64. The van der Waals surface area contributed by atoms with E-state index in [2.05, 4.69) is 15.2 Å². The van der Waals surface area contributed by atoms with Gasteiger partial charge in [0.1, 0.15) is 18.6 Å². The first-order valence-corrected chi connectivity index (χ1v) is 8.64. The number of nitrogens with zero attached hydrogens (tertiary/aromatic N) is 2. The van der Waals surface area contributed by atoms with E-state index in [0.29, 0.717) is 16.9 Å². The van der Waals surface area contributed by atoms with Crippen LogP contribution in [0.1, 0.15) is 21.5 Å². The molecule has 1 N–H and O–H groups in total. The van der Waals surface area contributed by atoms with E-state index in [1.54, 1.807) is 12.1 Å². The second-order valence-corrected chi connectivity index (χ2v) is 6.00. The van der Waals surface area contributed by atoms with Crippen molar-refractivity contribution in [3.8, 4) is 5.75 Å². The minimum atomic E-state index is -0.642. The Labute approximate surface area is 170 Å². The van der Waals surface area contributed by atoms with Gasteiger partial charge in [-0.3, -0.25) is 14.9 Å². The molecule has 1 aliphatic rings. The van der Waals surface area contributed by atoms with Gasteiger partial charge in [0.15, 0.2) is 6.79 Å². The molecule has 1 amide bonds. The van der Waals surface area contributed by atoms with Crippen molar-refractivity contribution in [2.24, 2.45) is 5.16 Å². The van der Waals surface area contributed by atoms with Crippen LogP contribution in [-0.2, 0) is 32.3 Å². The summed E-state index contributed by atoms with van der Waals surface area (Å²) in [4.78, 5) is 39.4. The number of carbonyl (C=O) groups excluding carboxylic acids is 2. The number of nitrogens with one attached hydrogen (secondary N) is 1. The maximum absolute atomic E-state index is 12.0. The van der Waals surface area contributed by atoms with Crippen LogP contribution >= 0.6 is 0 Å². The van der Waals surface area contributed by atoms with Crippen LogP contribution in [0.25, 0.3) is 0 Å². The Kier molecular flexibility index (Phi) is 6.55. The predicted octanol–water partition coefficient (Wildman–Crippen LogP) is 2.39. The number of non-ortho nitro benzene ring substituents is 1. The Bertz CT molecular complexity index is 1010. The van der Waals surface area contributed by atoms with Crippen molar-refractivity contribution in [2.75, 3.05) is 19.2 Å². The maximum Gasteiger partial charge on any atom is 0.339 e. The molecule has 2 aromatic rings. The number of methoxy groups -OCH3 is 1. The van der Waals surface area contributed by atoms with E-state index in [9.17, 15) is 19.7 Å². The van der Waals surface area contributed by atoms with Gasteiger partial charge in [-0.2, -0.15) is 0 Å². The van der Waals surface area contributed by atoms with Crippen molar-refractivity contribution in [1.82, 2.24) is 0 Å². The van der Waals surface area contributed by atoms with Gasteiger partial charge in [0.2, 0.25) is 0 Å². The molecule has 30 heavy (non-hydrogen) atoms. The second kappa shape index (κ2) is 9.47. The zero-order valence-electron chi connectivity index (χ0n) is 15.8. The summed E-state index contributed by atoms with van der Waals surface area (Å²) in [5.74, 6) is -0.811. The fourth-order valence-corrected chi connectivity index (χ4v) is 2.73. The van der Waals surface area contributed by atoms with Crippen molar-refractivity contribution in [3.05, 3.63) is 63.2 Å². The van der Waals surface area contributed by atoms with Gasteiger partial charge in [-0.25, -0.2) is 4.79 Å². The predicted molar refractivity (Wildman–Crippen MR) is 103 cm³/mol. The molecule has 1 aliphatic heterocycles. The molecule has 0 saturated carbocycles. The minimum absolute atomic E-state index is 0.0170. The number of hydrogen-bond acceptors (Lipinski definition) is 9. The van der Waals surface area contributed by atoms with Crippen molar-refractivity contribution < 1.29 is 33.6 Å². The Morgan fingerprint density at radius 1 is 1.33 bits per heavy atom. The van der Waals surface area contributed by atoms with Gasteiger partial charge in [0.05, 0.1) is 29.9 Å². The molecule has 0 atom stereocenters. The highest BCUT2D eigenvalue weighted by molar-refractivity contribution is 6.32. The van der Waals surface area contributed by atoms with Gasteiger partial charge in [0, 0.05) is 23.3 Å². The quantitative estimate of drug-likeness (QED) is 0.315. The molecule has 11 heteroatoms. The highest BCUT2D eigenvalue weighted by Crippen LogP contribution is 2.33. The van der Waals surface area contributed by atoms with Crippen molar-refractivity contribution in [3.63, 3.8) is 0 Å². The van der Waals surface area contributed by atoms with Gasteiger partial charge >= 0.3 is 5.97 Å². The number of nitro groups is 1. The van der Waals surface area contributed by atoms with Crippen LogP contribution in [0.2, 0.25) is 0 Å². The van der Waals surface area contributed by atoms with Gasteiger partial charge < -0.3 is 24.4 Å². The molecule has 2 aromatic carbocycles. The summed E-state index contributed by atoms with van der Waals surface area (Å²) in [5, 5.41) is 17.2. The topological polar surface area (TPSA) is 139 Å². The monoisotopic (exact) mass is 415 g/mol. The number of anilines is 1. The zero-order valence-corrected chi connectivity index (χ0v) is 15.8. The lowest BCUT2D eigenvalue weighted by atomic mass is 10.1. The molecule has 3 rings (SSSR count). The number of para-hydroxylation sites is 1. The van der Waals surface area contributed by atoms with Gasteiger partial charge in [-0.15, -0.1) is 0 Å². The normalized spacial score (nSPS) is 12.6. The number of hydrogen-bond donors (Lipinski definition) is 1. The number of amides is 1. The number of carbonyl (C=O) groups is 2. The van der Waals surface area contributed by atoms with Crippen LogP contribution in [0.3, 0.4) is 0 Å². The lowest BCUT2D eigenvalue weighted by Gasteiger charge is -2.19. The summed E-state index contributed by atoms with van der Waals surface area (Å²) in [7, 11) is 1.23. The molecule has 11 nitrogen and oxygen atoms in total. The summed E-state index contributed by atoms with van der Waals surface area (Å²) in [6.45, 7) is 0.0327. The summed E-state index contributed by atoms with van der Waals surface area (Å²) in [6.07, 6.45) is 0.877. The molecule has 156 valence electrons. The average Bonchev–Trinajstić information content (AvgIpc) is 2.76. The fraction of sp³-hybridized carbons (Fsp3) is 0.211. The first-order valence-electron chi connectivity index (χ1n) is 8.64. The number of nitro benzene ring substituents is 1. The van der Waals surface area contributed by atoms with Crippen molar-refractivity contribution in [2.45, 2.75) is 13.2 Å². The van der Waals surface area contributed by atoms with Crippen molar-refractivity contribution in [1.29, 1.82) is 0 Å². The van der Waals surface area contributed by atoms with Crippen LogP contribution in [0.15, 0.2) is 41.6 Å². The highest BCUT2D eigenvalue weighted by atomic mass is 16.7. The molecule has 0 fully saturated rings. The van der Waals surface area contributed by atoms with Crippen LogP contribution in [0.5, 0.6) is 5.75 Å². The number of oxime groups is 1. The van der Waals surface area contributed by atoms with Crippen molar-refractivity contribution >= 4 is 29.5 Å². The van der Waals surface area contributed by atoms with E-state index >= 15 is 0 Å². The van der Waals surface area contributed by atoms with Crippen LogP contribution in [-0.4, -0.2) is 36.9 Å². The Hall–Kier alpha value is -3.99. The lowest BCUT2D eigenvalue weighted by Crippen LogP contribution is -2.16. The molecule has 0 spiro atoms. The maximum atomic E-state index is 12.0. The molecular formula is C19H17N3O8. The zero-order chi connectivity index (χ0) is 21.5.